The summed E-state index contributed by atoms with van der Waals surface area (Å²) >= 11 is 0. The molecule has 0 saturated carbocycles. The zero-order valence-corrected chi connectivity index (χ0v) is 58.3. The standard InChI is InChI=1S/C31H28O6.C31H28O4.8C2H6.2B/c1-21(25-8-16-27(34-3)17-9-25)26-10-18-30(19-11-26)37-31(33)36-29-14-6-24(7-15-29)20-23-4-12-28(13-5-23)35-22(2)32;1-21(25-12-16-29(34-3)17-13-25)26-14-18-30(19-15-26)35-31(33)28-10-6-24(7-11-28)20-23-4-8-27(9-5-23)22(2)32;8*1-2;;/h4-19,21H,20H2,1-3H3;4-19,21H,20H2,1-3H3;8*1-2H3;;. The van der Waals surface area contributed by atoms with Crippen molar-refractivity contribution >= 4 is 40.7 Å². The first-order valence-corrected chi connectivity index (χ1v) is 31.5. The molecule has 0 aliphatic rings. The number of rotatable bonds is 16. The van der Waals surface area contributed by atoms with Gasteiger partial charge in [-0.05, 0) is 149 Å². The normalized spacial score (nSPS) is 9.67. The van der Waals surface area contributed by atoms with Gasteiger partial charge in [0, 0.05) is 41.1 Å². The van der Waals surface area contributed by atoms with Crippen LogP contribution in [0.4, 0.5) is 4.79 Å². The number of methoxy groups -OCH3 is 2. The van der Waals surface area contributed by atoms with Crippen LogP contribution in [-0.2, 0) is 17.6 Å². The van der Waals surface area contributed by atoms with Crippen molar-refractivity contribution in [1.82, 2.24) is 0 Å². The summed E-state index contributed by atoms with van der Waals surface area (Å²) in [5.41, 5.74) is 10.1. The first-order valence-electron chi connectivity index (χ1n) is 31.5. The second kappa shape index (κ2) is 53.4. The maximum atomic E-state index is 12.6. The summed E-state index contributed by atoms with van der Waals surface area (Å²) in [5, 5.41) is 0. The predicted octanol–water partition coefficient (Wildman–Crippen LogP) is 21.2. The van der Waals surface area contributed by atoms with Crippen molar-refractivity contribution in [3.63, 3.8) is 0 Å². The van der Waals surface area contributed by atoms with Crippen LogP contribution in [0.5, 0.6) is 34.5 Å². The van der Waals surface area contributed by atoms with E-state index in [0.29, 0.717) is 40.5 Å². The molecule has 0 spiro atoms. The molecule has 482 valence electrons. The van der Waals surface area contributed by atoms with Gasteiger partial charge in [-0.1, -0.05) is 234 Å². The summed E-state index contributed by atoms with van der Waals surface area (Å²) in [7, 11) is 3.30. The highest BCUT2D eigenvalue weighted by Gasteiger charge is 2.14. The van der Waals surface area contributed by atoms with Crippen molar-refractivity contribution in [1.29, 1.82) is 0 Å². The number of hydrogen-bond acceptors (Lipinski definition) is 10. The fraction of sp³-hybridized carbons (Fsp3) is 0.333. The molecule has 0 bridgehead atoms. The van der Waals surface area contributed by atoms with E-state index >= 15 is 0 Å². The molecule has 10 nitrogen and oxygen atoms in total. The maximum absolute atomic E-state index is 12.6. The number of ketones is 1. The number of carbonyl (C=O) groups excluding carboxylic acids is 4. The molecular weight excluding hydrogens is 1120 g/mol. The molecule has 0 saturated heterocycles. The van der Waals surface area contributed by atoms with Gasteiger partial charge in [-0.25, -0.2) is 9.59 Å². The summed E-state index contributed by atoms with van der Waals surface area (Å²) in [5.74, 6) is 3.18. The van der Waals surface area contributed by atoms with Crippen LogP contribution in [-0.4, -0.2) is 54.9 Å². The lowest BCUT2D eigenvalue weighted by Gasteiger charge is -2.14. The van der Waals surface area contributed by atoms with E-state index < -0.39 is 12.1 Å². The average molecular weight is 1220 g/mol. The molecule has 8 aromatic carbocycles. The summed E-state index contributed by atoms with van der Waals surface area (Å²) < 4.78 is 31.7. The van der Waals surface area contributed by atoms with Crippen molar-refractivity contribution in [2.24, 2.45) is 0 Å². The van der Waals surface area contributed by atoms with Gasteiger partial charge < -0.3 is 28.4 Å². The summed E-state index contributed by atoms with van der Waals surface area (Å²) in [6, 6.07) is 60.6. The van der Waals surface area contributed by atoms with Crippen molar-refractivity contribution in [3.05, 3.63) is 250 Å². The number of Topliss-reactive ketones (excluding diaryl/α,β-unsaturated/α-hetero) is 1. The molecule has 90 heavy (non-hydrogen) atoms. The zero-order valence-electron chi connectivity index (χ0n) is 58.3. The Labute approximate surface area is 547 Å². The van der Waals surface area contributed by atoms with Crippen molar-refractivity contribution < 1.29 is 47.6 Å². The molecule has 0 N–H and O–H groups in total. The van der Waals surface area contributed by atoms with Gasteiger partial charge in [0.1, 0.15) is 34.5 Å². The van der Waals surface area contributed by atoms with Crippen LogP contribution in [0.2, 0.25) is 0 Å². The van der Waals surface area contributed by atoms with Crippen LogP contribution < -0.4 is 28.4 Å². The van der Waals surface area contributed by atoms with E-state index in [1.165, 1.54) is 12.5 Å². The van der Waals surface area contributed by atoms with E-state index in [0.717, 1.165) is 56.9 Å². The van der Waals surface area contributed by atoms with Crippen LogP contribution in [0.3, 0.4) is 0 Å². The molecule has 0 fully saturated rings. The van der Waals surface area contributed by atoms with Crippen LogP contribution in [0, 0.1) is 0 Å². The lowest BCUT2D eigenvalue weighted by atomic mass is 9.93. The largest absolute Gasteiger partial charge is 0.519 e. The summed E-state index contributed by atoms with van der Waals surface area (Å²) in [6.45, 7) is 39.2. The third-order valence-electron chi connectivity index (χ3n) is 12.1. The fourth-order valence-electron chi connectivity index (χ4n) is 7.80. The maximum Gasteiger partial charge on any atom is 0.519 e. The molecule has 0 heterocycles. The van der Waals surface area contributed by atoms with Gasteiger partial charge in [0.2, 0.25) is 0 Å². The van der Waals surface area contributed by atoms with E-state index in [2.05, 4.69) is 26.0 Å². The Hall–Kier alpha value is -8.63. The smallest absolute Gasteiger partial charge is 0.497 e. The van der Waals surface area contributed by atoms with Crippen molar-refractivity contribution in [2.45, 2.75) is 163 Å². The minimum atomic E-state index is -0.801. The number of benzene rings is 8. The van der Waals surface area contributed by atoms with E-state index in [1.807, 2.05) is 244 Å². The quantitative estimate of drug-likeness (QED) is 0.0304. The lowest BCUT2D eigenvalue weighted by molar-refractivity contribution is -0.131. The minimum Gasteiger partial charge on any atom is -0.497 e. The second-order valence-corrected chi connectivity index (χ2v) is 17.2. The van der Waals surface area contributed by atoms with Gasteiger partial charge in [-0.2, -0.15) is 0 Å². The van der Waals surface area contributed by atoms with Gasteiger partial charge in [-0.15, -0.1) is 0 Å². The number of hydrogen-bond donors (Lipinski definition) is 0. The Balaban J connectivity index is -0.000000661. The van der Waals surface area contributed by atoms with Gasteiger partial charge >= 0.3 is 18.1 Å². The molecule has 0 amide bonds. The summed E-state index contributed by atoms with van der Waals surface area (Å²) in [4.78, 5) is 47.4. The first-order chi connectivity index (χ1) is 42.8. The molecule has 6 radical (unpaired) electrons. The third kappa shape index (κ3) is 32.0. The molecule has 2 unspecified atom stereocenters. The van der Waals surface area contributed by atoms with Crippen LogP contribution in [0.25, 0.3) is 0 Å². The van der Waals surface area contributed by atoms with E-state index in [9.17, 15) is 19.2 Å². The Bertz CT molecular complexity index is 3050. The number of ether oxygens (including phenoxy) is 6. The Morgan fingerprint density at radius 1 is 0.300 bits per heavy atom. The van der Waals surface area contributed by atoms with Crippen molar-refractivity contribution in [2.75, 3.05) is 14.2 Å². The molecule has 0 aliphatic heterocycles. The zero-order chi connectivity index (χ0) is 67.0. The number of esters is 2. The highest BCUT2D eigenvalue weighted by Crippen LogP contribution is 2.30. The molecule has 2 atom stereocenters. The Morgan fingerprint density at radius 2 is 0.522 bits per heavy atom. The van der Waals surface area contributed by atoms with Gasteiger partial charge in [0.05, 0.1) is 19.8 Å². The van der Waals surface area contributed by atoms with Gasteiger partial charge in [0.15, 0.2) is 5.78 Å². The van der Waals surface area contributed by atoms with Crippen LogP contribution >= 0.6 is 0 Å². The first kappa shape index (κ1) is 87.8. The monoisotopic (exact) mass is 1220 g/mol. The number of carbonyl (C=O) groups is 4. The lowest BCUT2D eigenvalue weighted by Crippen LogP contribution is -2.13. The van der Waals surface area contributed by atoms with Crippen LogP contribution in [0.15, 0.2) is 194 Å². The molecule has 8 rings (SSSR count). The molecule has 0 aliphatic carbocycles. The van der Waals surface area contributed by atoms with Crippen LogP contribution in [0.1, 0.15) is 216 Å². The topological polar surface area (TPSA) is 124 Å². The average Bonchev–Trinajstić information content (AvgIpc) is 3.76. The molecule has 12 heteroatoms. The van der Waals surface area contributed by atoms with E-state index in [4.69, 9.17) is 28.4 Å². The highest BCUT2D eigenvalue weighted by atomic mass is 16.7. The SMILES string of the molecule is CC.CC.CC.CC.CC.CC.CC.CC.COc1ccc(C(C)c2ccc(OC(=O)Oc3ccc(Cc4ccc(OC(C)=O)cc4)cc3)cc2)cc1.COc1ccc(C(C)c2ccc(OC(=O)c3ccc(Cc4ccc(C(C)=O)cc4)cc3)cc2)cc1.[B].[B]. The Morgan fingerprint density at radius 3 is 0.778 bits per heavy atom. The fourth-order valence-corrected chi connectivity index (χ4v) is 7.80. The van der Waals surface area contributed by atoms with Gasteiger partial charge in [0.25, 0.3) is 0 Å². The predicted molar refractivity (Wildman–Crippen MR) is 381 cm³/mol. The molecule has 8 aromatic rings. The van der Waals surface area contributed by atoms with E-state index in [-0.39, 0.29) is 40.4 Å². The van der Waals surface area contributed by atoms with Gasteiger partial charge in [-0.3, -0.25) is 9.59 Å². The summed E-state index contributed by atoms with van der Waals surface area (Å²) in [6.07, 6.45) is 0.609. The Kier molecular flexibility index (Phi) is 52.1. The minimum absolute atomic E-state index is 0. The molecular formula is C78H104B2O10. The van der Waals surface area contributed by atoms with Crippen molar-refractivity contribution in [3.8, 4) is 34.5 Å². The second-order valence-electron chi connectivity index (χ2n) is 17.2. The van der Waals surface area contributed by atoms with E-state index in [1.54, 1.807) is 69.7 Å². The molecule has 0 aromatic heterocycles. The highest BCUT2D eigenvalue weighted by molar-refractivity contribution is 5.94. The third-order valence-corrected chi connectivity index (χ3v) is 12.1.